The van der Waals surface area contributed by atoms with Crippen LogP contribution >= 0.6 is 11.8 Å². The van der Waals surface area contributed by atoms with Gasteiger partial charge in [-0.05, 0) is 55.7 Å². The zero-order valence-corrected chi connectivity index (χ0v) is 15.6. The number of H-pyrrole nitrogens is 1. The summed E-state index contributed by atoms with van der Waals surface area (Å²) in [5.41, 5.74) is 8.41. The molecule has 1 fully saturated rings. The second kappa shape index (κ2) is 7.93. The lowest BCUT2D eigenvalue weighted by Gasteiger charge is -2.23. The van der Waals surface area contributed by atoms with Crippen LogP contribution in [0.2, 0.25) is 0 Å². The van der Waals surface area contributed by atoms with E-state index in [4.69, 9.17) is 11.1 Å². The average molecular weight is 382 g/mol. The van der Waals surface area contributed by atoms with E-state index >= 15 is 0 Å². The van der Waals surface area contributed by atoms with Crippen molar-refractivity contribution in [3.8, 4) is 0 Å². The second-order valence-corrected chi connectivity index (χ2v) is 7.55. The molecule has 140 valence electrons. The van der Waals surface area contributed by atoms with Crippen LogP contribution in [0.5, 0.6) is 0 Å². The number of nitrogens with two attached hydrogens (primary N) is 1. The van der Waals surface area contributed by atoms with Gasteiger partial charge in [0.15, 0.2) is 5.16 Å². The van der Waals surface area contributed by atoms with Crippen LogP contribution in [0.25, 0.3) is 11.0 Å². The SMILES string of the molecule is N=C(Sc1nc2ccccc2[nH]1)c1c(N)ncnc1NCC1CCNCC1. The van der Waals surface area contributed by atoms with Gasteiger partial charge >= 0.3 is 0 Å². The third kappa shape index (κ3) is 4.04. The number of nitrogen functional groups attached to an aromatic ring is 1. The first-order valence-electron chi connectivity index (χ1n) is 8.97. The maximum Gasteiger partial charge on any atom is 0.172 e. The first kappa shape index (κ1) is 17.7. The highest BCUT2D eigenvalue weighted by Crippen LogP contribution is 2.28. The molecule has 1 saturated heterocycles. The molecular weight excluding hydrogens is 360 g/mol. The van der Waals surface area contributed by atoms with E-state index in [9.17, 15) is 0 Å². The first-order chi connectivity index (χ1) is 13.2. The minimum atomic E-state index is 0.264. The molecule has 0 spiro atoms. The molecule has 3 aromatic rings. The minimum absolute atomic E-state index is 0.264. The average Bonchev–Trinajstić information content (AvgIpc) is 3.09. The number of hydrogen-bond acceptors (Lipinski definition) is 8. The highest BCUT2D eigenvalue weighted by Gasteiger charge is 2.19. The Morgan fingerprint density at radius 2 is 2.07 bits per heavy atom. The van der Waals surface area contributed by atoms with Crippen LogP contribution in [-0.2, 0) is 0 Å². The minimum Gasteiger partial charge on any atom is -0.383 e. The molecule has 2 aromatic heterocycles. The Kier molecular flexibility index (Phi) is 5.21. The number of imidazole rings is 1. The number of para-hydroxylation sites is 2. The Morgan fingerprint density at radius 3 is 2.89 bits per heavy atom. The smallest absolute Gasteiger partial charge is 0.172 e. The summed E-state index contributed by atoms with van der Waals surface area (Å²) in [4.78, 5) is 16.1. The lowest BCUT2D eigenvalue weighted by molar-refractivity contribution is 0.389. The fourth-order valence-electron chi connectivity index (χ4n) is 3.21. The van der Waals surface area contributed by atoms with Crippen LogP contribution in [0.1, 0.15) is 18.4 Å². The van der Waals surface area contributed by atoms with Crippen molar-refractivity contribution in [3.05, 3.63) is 36.2 Å². The van der Waals surface area contributed by atoms with E-state index < -0.39 is 0 Å². The molecule has 1 aliphatic heterocycles. The molecular formula is C18H22N8S. The largest absolute Gasteiger partial charge is 0.383 e. The van der Waals surface area contributed by atoms with Crippen molar-refractivity contribution in [1.82, 2.24) is 25.3 Å². The summed E-state index contributed by atoms with van der Waals surface area (Å²) in [6.07, 6.45) is 3.70. The number of thioether (sulfide) groups is 1. The van der Waals surface area contributed by atoms with Gasteiger partial charge in [-0.2, -0.15) is 0 Å². The summed E-state index contributed by atoms with van der Waals surface area (Å²) in [6, 6.07) is 7.79. The maximum absolute atomic E-state index is 8.54. The Hall–Kier alpha value is -2.65. The predicted molar refractivity (Wildman–Crippen MR) is 109 cm³/mol. The normalized spacial score (nSPS) is 15.1. The molecule has 0 bridgehead atoms. The molecule has 0 unspecified atom stereocenters. The van der Waals surface area contributed by atoms with E-state index in [1.807, 2.05) is 24.3 Å². The van der Waals surface area contributed by atoms with Gasteiger partial charge in [0.25, 0.3) is 0 Å². The number of nitrogens with one attached hydrogen (secondary N) is 4. The van der Waals surface area contributed by atoms with E-state index in [0.717, 1.165) is 43.5 Å². The lowest BCUT2D eigenvalue weighted by atomic mass is 9.98. The van der Waals surface area contributed by atoms with Crippen molar-refractivity contribution in [2.24, 2.45) is 5.92 Å². The fourth-order valence-corrected chi connectivity index (χ4v) is 4.01. The summed E-state index contributed by atoms with van der Waals surface area (Å²) in [5.74, 6) is 1.49. The van der Waals surface area contributed by atoms with Crippen LogP contribution in [0, 0.1) is 11.3 Å². The second-order valence-electron chi connectivity index (χ2n) is 6.55. The van der Waals surface area contributed by atoms with E-state index in [0.29, 0.717) is 28.3 Å². The summed E-state index contributed by atoms with van der Waals surface area (Å²) in [6.45, 7) is 2.90. The molecule has 0 radical (unpaired) electrons. The molecule has 8 nitrogen and oxygen atoms in total. The van der Waals surface area contributed by atoms with Crippen molar-refractivity contribution in [2.45, 2.75) is 18.0 Å². The molecule has 9 heteroatoms. The van der Waals surface area contributed by atoms with E-state index in [1.54, 1.807) is 0 Å². The topological polar surface area (TPSA) is 128 Å². The molecule has 27 heavy (non-hydrogen) atoms. The number of piperidine rings is 1. The Morgan fingerprint density at radius 1 is 1.26 bits per heavy atom. The molecule has 0 amide bonds. The lowest BCUT2D eigenvalue weighted by Crippen LogP contribution is -2.31. The molecule has 1 aromatic carbocycles. The summed E-state index contributed by atoms with van der Waals surface area (Å²) < 4.78 is 0. The zero-order valence-electron chi connectivity index (χ0n) is 14.8. The van der Waals surface area contributed by atoms with Gasteiger partial charge in [-0.15, -0.1) is 0 Å². The maximum atomic E-state index is 8.54. The molecule has 4 rings (SSSR count). The van der Waals surface area contributed by atoms with Crippen molar-refractivity contribution in [1.29, 1.82) is 5.41 Å². The van der Waals surface area contributed by atoms with Crippen molar-refractivity contribution < 1.29 is 0 Å². The first-order valence-corrected chi connectivity index (χ1v) is 9.79. The Labute approximate surface area is 161 Å². The van der Waals surface area contributed by atoms with Crippen LogP contribution in [0.4, 0.5) is 11.6 Å². The van der Waals surface area contributed by atoms with Gasteiger partial charge in [0.05, 0.1) is 16.6 Å². The van der Waals surface area contributed by atoms with Gasteiger partial charge < -0.3 is 21.4 Å². The van der Waals surface area contributed by atoms with E-state index in [-0.39, 0.29) is 5.04 Å². The third-order valence-electron chi connectivity index (χ3n) is 4.69. The van der Waals surface area contributed by atoms with E-state index in [1.165, 1.54) is 18.1 Å². The van der Waals surface area contributed by atoms with Crippen LogP contribution in [0.15, 0.2) is 35.7 Å². The highest BCUT2D eigenvalue weighted by atomic mass is 32.2. The van der Waals surface area contributed by atoms with Gasteiger partial charge in [-0.1, -0.05) is 12.1 Å². The number of aromatic amines is 1. The number of rotatable bonds is 5. The number of nitrogens with zero attached hydrogens (tertiary/aromatic N) is 3. The summed E-state index contributed by atoms with van der Waals surface area (Å²) >= 11 is 1.22. The Balaban J connectivity index is 1.51. The van der Waals surface area contributed by atoms with Crippen molar-refractivity contribution in [2.75, 3.05) is 30.7 Å². The molecule has 3 heterocycles. The van der Waals surface area contributed by atoms with Gasteiger partial charge in [0, 0.05) is 6.54 Å². The molecule has 1 aliphatic rings. The van der Waals surface area contributed by atoms with Gasteiger partial charge in [-0.25, -0.2) is 15.0 Å². The van der Waals surface area contributed by atoms with Gasteiger partial charge in [-0.3, -0.25) is 5.41 Å². The van der Waals surface area contributed by atoms with Crippen LogP contribution < -0.4 is 16.4 Å². The number of hydrogen-bond donors (Lipinski definition) is 5. The predicted octanol–water partition coefficient (Wildman–Crippen LogP) is 2.46. The van der Waals surface area contributed by atoms with Crippen LogP contribution in [-0.4, -0.2) is 44.6 Å². The van der Waals surface area contributed by atoms with E-state index in [2.05, 4.69) is 30.6 Å². The molecule has 6 N–H and O–H groups in total. The summed E-state index contributed by atoms with van der Waals surface area (Å²) in [5, 5.41) is 16.2. The molecule has 0 saturated carbocycles. The number of benzene rings is 1. The number of anilines is 2. The van der Waals surface area contributed by atoms with Crippen molar-refractivity contribution in [3.63, 3.8) is 0 Å². The van der Waals surface area contributed by atoms with Gasteiger partial charge in [0.2, 0.25) is 0 Å². The molecule has 0 atom stereocenters. The zero-order chi connectivity index (χ0) is 18.6. The standard InChI is InChI=1S/C18H22N8S/c19-15-14(16(20)27-18-25-12-3-1-2-4-13(12)26-18)17(24-10-23-15)22-9-11-5-7-21-8-6-11/h1-4,10-11,20-21H,5-9H2,(H,25,26)(H3,19,22,23,24). The number of aromatic nitrogens is 4. The quantitative estimate of drug-likeness (QED) is 0.260. The third-order valence-corrected chi connectivity index (χ3v) is 5.48. The monoisotopic (exact) mass is 382 g/mol. The number of fused-ring (bicyclic) bond motifs is 1. The fraction of sp³-hybridized carbons (Fsp3) is 0.333. The Bertz CT molecular complexity index is 914. The molecule has 0 aliphatic carbocycles. The highest BCUT2D eigenvalue weighted by molar-refractivity contribution is 8.14. The van der Waals surface area contributed by atoms with Crippen LogP contribution in [0.3, 0.4) is 0 Å². The summed E-state index contributed by atoms with van der Waals surface area (Å²) in [7, 11) is 0. The van der Waals surface area contributed by atoms with Gasteiger partial charge in [0.1, 0.15) is 23.0 Å². The van der Waals surface area contributed by atoms with Crippen molar-refractivity contribution >= 4 is 39.5 Å².